The monoisotopic (exact) mass is 260 g/mol. The van der Waals surface area contributed by atoms with Crippen molar-refractivity contribution in [2.45, 2.75) is 4.90 Å². The van der Waals surface area contributed by atoms with Crippen molar-refractivity contribution in [1.82, 2.24) is 4.72 Å². The molecule has 1 aromatic carbocycles. The third-order valence-corrected chi connectivity index (χ3v) is 3.09. The summed E-state index contributed by atoms with van der Waals surface area (Å²) in [5, 5.41) is 10.4. The van der Waals surface area contributed by atoms with E-state index in [4.69, 9.17) is 0 Å². The van der Waals surface area contributed by atoms with Gasteiger partial charge in [-0.2, -0.15) is 0 Å². The summed E-state index contributed by atoms with van der Waals surface area (Å²) in [7, 11) is -3.05. The summed E-state index contributed by atoms with van der Waals surface area (Å²) in [5.41, 5.74) is -0.248. The van der Waals surface area contributed by atoms with Gasteiger partial charge in [-0.05, 0) is 12.1 Å². The molecule has 0 spiro atoms. The zero-order valence-electron chi connectivity index (χ0n) is 8.61. The van der Waals surface area contributed by atoms with Crippen molar-refractivity contribution in [2.75, 3.05) is 7.11 Å². The molecule has 8 nitrogen and oxygen atoms in total. The maximum absolute atomic E-state index is 11.5. The molecule has 0 aromatic heterocycles. The molecule has 0 heterocycles. The molecule has 1 rings (SSSR count). The second kappa shape index (κ2) is 4.78. The van der Waals surface area contributed by atoms with Crippen LogP contribution in [0, 0.1) is 10.1 Å². The van der Waals surface area contributed by atoms with Gasteiger partial charge in [-0.3, -0.25) is 10.1 Å². The third-order valence-electron chi connectivity index (χ3n) is 1.76. The van der Waals surface area contributed by atoms with E-state index < -0.39 is 21.0 Å². The quantitative estimate of drug-likeness (QED) is 0.629. The first-order valence-electron chi connectivity index (χ1n) is 4.22. The molecule has 92 valence electrons. The molecule has 1 amide bonds. The molecule has 1 aromatic rings. The van der Waals surface area contributed by atoms with E-state index in [0.717, 1.165) is 31.4 Å². The van der Waals surface area contributed by atoms with Gasteiger partial charge < -0.3 is 4.74 Å². The van der Waals surface area contributed by atoms with E-state index in [9.17, 15) is 23.3 Å². The lowest BCUT2D eigenvalue weighted by Gasteiger charge is -2.04. The molecule has 0 fully saturated rings. The maximum atomic E-state index is 11.5. The zero-order valence-corrected chi connectivity index (χ0v) is 9.43. The first-order valence-corrected chi connectivity index (χ1v) is 5.70. The van der Waals surface area contributed by atoms with Crippen molar-refractivity contribution < 1.29 is 22.9 Å². The summed E-state index contributed by atoms with van der Waals surface area (Å²) < 4.78 is 28.7. The zero-order chi connectivity index (χ0) is 13.1. The number of amides is 1. The molecule has 17 heavy (non-hydrogen) atoms. The van der Waals surface area contributed by atoms with E-state index >= 15 is 0 Å². The van der Waals surface area contributed by atoms with Crippen LogP contribution in [0.4, 0.5) is 10.5 Å². The number of ether oxygens (including phenoxy) is 1. The van der Waals surface area contributed by atoms with Gasteiger partial charge in [-0.15, -0.1) is 0 Å². The van der Waals surface area contributed by atoms with Crippen LogP contribution in [0.3, 0.4) is 0 Å². The lowest BCUT2D eigenvalue weighted by molar-refractivity contribution is -0.384. The fourth-order valence-corrected chi connectivity index (χ4v) is 1.87. The molecular formula is C8H8N2O6S. The molecule has 0 aliphatic carbocycles. The number of hydrogen-bond acceptors (Lipinski definition) is 6. The highest BCUT2D eigenvalue weighted by Gasteiger charge is 2.18. The van der Waals surface area contributed by atoms with Crippen molar-refractivity contribution >= 4 is 21.8 Å². The molecule has 9 heteroatoms. The Kier molecular flexibility index (Phi) is 3.63. The smallest absolute Gasteiger partial charge is 0.420 e. The summed E-state index contributed by atoms with van der Waals surface area (Å²) in [4.78, 5) is 20.2. The van der Waals surface area contributed by atoms with Crippen molar-refractivity contribution in [2.24, 2.45) is 0 Å². The molecular weight excluding hydrogens is 252 g/mol. The molecule has 0 atom stereocenters. The summed E-state index contributed by atoms with van der Waals surface area (Å²) in [6.45, 7) is 0. The van der Waals surface area contributed by atoms with Crippen LogP contribution >= 0.6 is 0 Å². The Labute approximate surface area is 96.4 Å². The van der Waals surface area contributed by atoms with E-state index in [1.54, 1.807) is 4.72 Å². The number of benzene rings is 1. The number of nitro benzene ring substituents is 1. The normalized spacial score (nSPS) is 10.6. The van der Waals surface area contributed by atoms with Gasteiger partial charge in [-0.1, -0.05) is 0 Å². The summed E-state index contributed by atoms with van der Waals surface area (Å²) >= 11 is 0. The number of sulfonamides is 1. The van der Waals surface area contributed by atoms with Crippen LogP contribution in [0.2, 0.25) is 0 Å². The lowest BCUT2D eigenvalue weighted by atomic mass is 10.3. The average molecular weight is 260 g/mol. The predicted octanol–water partition coefficient (Wildman–Crippen LogP) is 0.639. The Hall–Kier alpha value is -2.16. The molecule has 0 aliphatic rings. The van der Waals surface area contributed by atoms with Gasteiger partial charge in [0.15, 0.2) is 0 Å². The molecule has 0 saturated heterocycles. The van der Waals surface area contributed by atoms with Gasteiger partial charge in [0.05, 0.1) is 16.9 Å². The minimum atomic E-state index is -4.06. The summed E-state index contributed by atoms with van der Waals surface area (Å²) in [6, 6.07) is 4.07. The molecule has 0 aliphatic heterocycles. The van der Waals surface area contributed by atoms with Gasteiger partial charge in [0.2, 0.25) is 0 Å². The number of nitrogens with zero attached hydrogens (tertiary/aromatic N) is 1. The molecule has 0 bridgehead atoms. The van der Waals surface area contributed by atoms with Crippen LogP contribution in [0.5, 0.6) is 0 Å². The van der Waals surface area contributed by atoms with Crippen LogP contribution in [-0.2, 0) is 14.8 Å². The highest BCUT2D eigenvalue weighted by molar-refractivity contribution is 7.90. The molecule has 0 saturated carbocycles. The summed E-state index contributed by atoms with van der Waals surface area (Å²) in [5.74, 6) is 0. The van der Waals surface area contributed by atoms with Gasteiger partial charge in [-0.25, -0.2) is 17.9 Å². The highest BCUT2D eigenvalue weighted by Crippen LogP contribution is 2.15. The fraction of sp³-hybridized carbons (Fsp3) is 0.125. The number of hydrogen-bond donors (Lipinski definition) is 1. The van der Waals surface area contributed by atoms with E-state index in [0.29, 0.717) is 0 Å². The third kappa shape index (κ3) is 3.14. The number of methoxy groups -OCH3 is 1. The first kappa shape index (κ1) is 12.9. The van der Waals surface area contributed by atoms with Crippen molar-refractivity contribution in [3.8, 4) is 0 Å². The Balaban J connectivity index is 3.00. The topological polar surface area (TPSA) is 116 Å². The van der Waals surface area contributed by atoms with E-state index in [1.807, 2.05) is 0 Å². The van der Waals surface area contributed by atoms with Gasteiger partial charge in [0, 0.05) is 12.1 Å². The van der Waals surface area contributed by atoms with Crippen LogP contribution in [0.1, 0.15) is 0 Å². The van der Waals surface area contributed by atoms with E-state index in [1.165, 1.54) is 0 Å². The van der Waals surface area contributed by atoms with Crippen LogP contribution in [0.15, 0.2) is 29.2 Å². The number of rotatable bonds is 3. The maximum Gasteiger partial charge on any atom is 0.420 e. The lowest BCUT2D eigenvalue weighted by Crippen LogP contribution is -2.30. The van der Waals surface area contributed by atoms with Crippen molar-refractivity contribution in [1.29, 1.82) is 0 Å². The van der Waals surface area contributed by atoms with Crippen LogP contribution in [-0.4, -0.2) is 26.5 Å². The number of nitrogens with one attached hydrogen (secondary N) is 1. The Morgan fingerprint density at radius 2 is 1.88 bits per heavy atom. The Morgan fingerprint density at radius 3 is 2.29 bits per heavy atom. The predicted molar refractivity (Wildman–Crippen MR) is 55.8 cm³/mol. The molecule has 1 N–H and O–H groups in total. The van der Waals surface area contributed by atoms with Crippen LogP contribution in [0.25, 0.3) is 0 Å². The summed E-state index contributed by atoms with van der Waals surface area (Å²) in [6.07, 6.45) is -1.14. The van der Waals surface area contributed by atoms with Crippen molar-refractivity contribution in [3.63, 3.8) is 0 Å². The SMILES string of the molecule is COC(=O)NS(=O)(=O)c1ccc([N+](=O)[O-])cc1. The first-order chi connectivity index (χ1) is 7.86. The highest BCUT2D eigenvalue weighted by atomic mass is 32.2. The van der Waals surface area contributed by atoms with Crippen molar-refractivity contribution in [3.05, 3.63) is 34.4 Å². The largest absolute Gasteiger partial charge is 0.452 e. The number of carbonyl (C=O) groups excluding carboxylic acids is 1. The fourth-order valence-electron chi connectivity index (χ4n) is 0.957. The van der Waals surface area contributed by atoms with Gasteiger partial charge in [0.25, 0.3) is 15.7 Å². The van der Waals surface area contributed by atoms with Crippen LogP contribution < -0.4 is 4.72 Å². The minimum Gasteiger partial charge on any atom is -0.452 e. The number of nitro groups is 1. The second-order valence-electron chi connectivity index (χ2n) is 2.85. The standard InChI is InChI=1S/C8H8N2O6S/c1-16-8(11)9-17(14,15)7-4-2-6(3-5-7)10(12)13/h2-5H,1H3,(H,9,11). The van der Waals surface area contributed by atoms with Gasteiger partial charge in [0.1, 0.15) is 0 Å². The molecule has 0 radical (unpaired) electrons. The Morgan fingerprint density at radius 1 is 1.35 bits per heavy atom. The van der Waals surface area contributed by atoms with E-state index in [2.05, 4.69) is 4.74 Å². The van der Waals surface area contributed by atoms with E-state index in [-0.39, 0.29) is 10.6 Å². The number of non-ortho nitro benzene ring substituents is 1. The second-order valence-corrected chi connectivity index (χ2v) is 4.53. The minimum absolute atomic E-state index is 0.248. The Bertz CT molecular complexity index is 536. The van der Waals surface area contributed by atoms with Gasteiger partial charge >= 0.3 is 6.09 Å². The number of carbonyl (C=O) groups is 1. The average Bonchev–Trinajstić information content (AvgIpc) is 2.28. The molecule has 0 unspecified atom stereocenters.